The quantitative estimate of drug-likeness (QED) is 0.0523. The molecule has 10 aromatic rings. The van der Waals surface area contributed by atoms with Gasteiger partial charge in [0.25, 0.3) is 0 Å². The average molecular weight is 1760 g/mol. The monoisotopic (exact) mass is 1760 g/mol. The van der Waals surface area contributed by atoms with Gasteiger partial charge in [0.15, 0.2) is 186 Å². The molecule has 2 unspecified atom stereocenters. The summed E-state index contributed by atoms with van der Waals surface area (Å²) in [7, 11) is 2.04. The minimum absolute atomic E-state index is 0.450. The number of hydrogen-bond acceptors (Lipinski definition) is 2. The molecule has 638 valence electrons. The fourth-order valence-electron chi connectivity index (χ4n) is 10.5. The molecular formula is C76H48AlF38NO2. The molecule has 0 aliphatic heterocycles. The van der Waals surface area contributed by atoms with E-state index in [1.165, 1.54) is 50.8 Å². The summed E-state index contributed by atoms with van der Waals surface area (Å²) < 4.78 is 518. The minimum atomic E-state index is -2.44. The second-order valence-corrected chi connectivity index (χ2v) is 24.6. The number of aryl methyl sites for hydroxylation is 4. The van der Waals surface area contributed by atoms with Crippen LogP contribution in [0.3, 0.4) is 0 Å². The van der Waals surface area contributed by atoms with Crippen LogP contribution >= 0.6 is 0 Å². The zero-order chi connectivity index (χ0) is 90.5. The summed E-state index contributed by atoms with van der Waals surface area (Å²) in [6.07, 6.45) is 6.94. The second-order valence-electron chi connectivity index (χ2n) is 24.3. The third-order valence-electron chi connectivity index (χ3n) is 16.5. The predicted molar refractivity (Wildman–Crippen MR) is 346 cm³/mol. The molecule has 2 atom stereocenters. The Balaban J connectivity index is 0.000000297. The maximum absolute atomic E-state index is 13.6. The summed E-state index contributed by atoms with van der Waals surface area (Å²) in [5, 5.41) is 3.24. The van der Waals surface area contributed by atoms with Gasteiger partial charge in [-0.25, -0.2) is 167 Å². The molecule has 0 saturated heterocycles. The van der Waals surface area contributed by atoms with Crippen LogP contribution in [-0.4, -0.2) is 33.2 Å². The van der Waals surface area contributed by atoms with Gasteiger partial charge in [-0.2, -0.15) is 0 Å². The van der Waals surface area contributed by atoms with Crippen molar-refractivity contribution in [2.24, 2.45) is 11.8 Å². The van der Waals surface area contributed by atoms with Crippen molar-refractivity contribution < 1.29 is 175 Å². The molecule has 0 fully saturated rings. The van der Waals surface area contributed by atoms with Crippen molar-refractivity contribution >= 4 is 15.5 Å². The van der Waals surface area contributed by atoms with Crippen LogP contribution in [0.1, 0.15) is 75.1 Å². The van der Waals surface area contributed by atoms with Crippen LogP contribution in [0.2, 0.25) is 0 Å². The van der Waals surface area contributed by atoms with E-state index in [9.17, 15) is 167 Å². The Kier molecular flexibility index (Phi) is 35.9. The van der Waals surface area contributed by atoms with E-state index in [0.29, 0.717) is 24.3 Å². The first-order valence-corrected chi connectivity index (χ1v) is 33.4. The summed E-state index contributed by atoms with van der Waals surface area (Å²) in [5.74, 6) is -79.8. The van der Waals surface area contributed by atoms with Gasteiger partial charge in [-0.3, -0.25) is 0 Å². The summed E-state index contributed by atoms with van der Waals surface area (Å²) in [5.41, 5.74) is -15.9. The normalized spacial score (nSPS) is 11.3. The van der Waals surface area contributed by atoms with Gasteiger partial charge in [-0.1, -0.05) is 64.7 Å². The Morgan fingerprint density at radius 3 is 0.653 bits per heavy atom. The van der Waals surface area contributed by atoms with Crippen molar-refractivity contribution in [1.82, 2.24) is 5.32 Å². The molecule has 2 N–H and O–H groups in total. The van der Waals surface area contributed by atoms with Crippen molar-refractivity contribution in [2.75, 3.05) is 13.6 Å². The van der Waals surface area contributed by atoms with Crippen molar-refractivity contribution in [3.63, 3.8) is 0 Å². The molecule has 0 aliphatic carbocycles. The topological polar surface area (TPSA) is 49.3 Å². The zero-order valence-corrected chi connectivity index (χ0v) is 61.5. The van der Waals surface area contributed by atoms with Crippen LogP contribution in [-0.2, 0) is 3.80 Å². The van der Waals surface area contributed by atoms with E-state index in [2.05, 4.69) is 26.1 Å². The average Bonchev–Trinajstić information content (AvgIpc) is 0.767. The Labute approximate surface area is 647 Å². The SMILES string of the molecule is CCCC(CC)CCC(C)CNC.Cc1cc(-c2c(F)c(F)c(F)c(F)c2F)c(F)c(F)c1F.Cc1cc(-c2c(F)c(F)c(F)c(F)c2F)c(F)c(F)c1F.Cc1cc(-c2c(F)c(F)c(F)c(F)c2F)c(F)c(F)c1F.Cc1cc(-c2c(F)c(F)c(F)c(F)c2F)c(F)c(F)c1F.Fc1ccccc1-c1c(F)c(F)c(F)c(F)c1F.[O]=[Al][OH]. The van der Waals surface area contributed by atoms with Crippen LogP contribution in [0.5, 0.6) is 0 Å². The third kappa shape index (κ3) is 21.2. The van der Waals surface area contributed by atoms with Gasteiger partial charge in [-0.05, 0) is 112 Å². The first kappa shape index (κ1) is 100.0. The molecule has 10 aromatic carbocycles. The fourth-order valence-corrected chi connectivity index (χ4v) is 10.5. The van der Waals surface area contributed by atoms with E-state index in [4.69, 9.17) is 7.96 Å². The number of rotatable bonds is 13. The molecule has 0 saturated carbocycles. The van der Waals surface area contributed by atoms with Gasteiger partial charge in [0.05, 0.1) is 27.8 Å². The van der Waals surface area contributed by atoms with Crippen molar-refractivity contribution in [3.05, 3.63) is 292 Å². The Morgan fingerprint density at radius 2 is 0.466 bits per heavy atom. The maximum atomic E-state index is 13.6. The van der Waals surface area contributed by atoms with Gasteiger partial charge in [0.2, 0.25) is 29.1 Å². The molecule has 0 bridgehead atoms. The fraction of sp³-hybridized carbons (Fsp3) is 0.211. The third-order valence-corrected chi connectivity index (χ3v) is 16.5. The van der Waals surface area contributed by atoms with E-state index in [1.54, 1.807) is 0 Å². The van der Waals surface area contributed by atoms with Gasteiger partial charge in [0.1, 0.15) is 5.82 Å². The summed E-state index contributed by atoms with van der Waals surface area (Å²) in [6, 6.07) is 6.03. The molecule has 0 aromatic heterocycles. The van der Waals surface area contributed by atoms with Gasteiger partial charge in [0, 0.05) is 27.8 Å². The first-order valence-electron chi connectivity index (χ1n) is 32.4. The molecule has 42 heteroatoms. The molecule has 0 amide bonds. The number of benzene rings is 10. The van der Waals surface area contributed by atoms with E-state index in [1.807, 2.05) is 7.05 Å². The number of hydrogen-bond donors (Lipinski definition) is 2. The Hall–Kier alpha value is -10.4. The number of halogens is 38. The molecule has 0 aliphatic rings. The summed E-state index contributed by atoms with van der Waals surface area (Å²) in [4.78, 5) is 0. The molecule has 118 heavy (non-hydrogen) atoms. The van der Waals surface area contributed by atoms with Crippen molar-refractivity contribution in [3.8, 4) is 55.6 Å². The van der Waals surface area contributed by atoms with Crippen LogP contribution in [0.25, 0.3) is 55.6 Å². The van der Waals surface area contributed by atoms with Gasteiger partial charge >= 0.3 is 23.4 Å². The van der Waals surface area contributed by atoms with Crippen LogP contribution in [0, 0.1) is 261 Å². The second kappa shape index (κ2) is 42.3. The summed E-state index contributed by atoms with van der Waals surface area (Å²) >= 11 is -1.50. The predicted octanol–water partition coefficient (Wildman–Crippen LogP) is 25.7. The van der Waals surface area contributed by atoms with E-state index in [-0.39, 0.29) is 0 Å². The molecule has 0 spiro atoms. The molecule has 3 nitrogen and oxygen atoms in total. The molecule has 10 rings (SSSR count). The first-order chi connectivity index (χ1) is 54.8. The Morgan fingerprint density at radius 1 is 0.280 bits per heavy atom. The molecule has 0 radical (unpaired) electrons. The van der Waals surface area contributed by atoms with Gasteiger partial charge < -0.3 is 5.32 Å². The van der Waals surface area contributed by atoms with Crippen molar-refractivity contribution in [2.45, 2.75) is 80.6 Å². The van der Waals surface area contributed by atoms with E-state index >= 15 is 0 Å². The van der Waals surface area contributed by atoms with E-state index in [0.717, 1.165) is 51.7 Å². The Bertz CT molecular complexity index is 4770. The van der Waals surface area contributed by atoms with Crippen LogP contribution in [0.15, 0.2) is 48.5 Å². The van der Waals surface area contributed by atoms with Crippen LogP contribution < -0.4 is 5.32 Å². The molecular weight excluding hydrogens is 1710 g/mol. The standard InChI is InChI=1S/4C13H4F8.C12H4F6.C12H27N.Al.H2O.O/c4*1-3-2-4(7(15)10(18)6(3)14)5-8(16)11(19)13(21)12(20)9(5)17;13-6-4-2-1-3-5(6)7-8(14)10(16)12(18)11(17)9(7)15;1-5-7-12(6-2)9-8-11(3)10-13-4;;;/h4*2H,1H3;1-4H;11-13H,5-10H2,1-4H3;;1H2;/q;;;;;;+1;;/p-1. The summed E-state index contributed by atoms with van der Waals surface area (Å²) in [6.45, 7) is 11.9. The van der Waals surface area contributed by atoms with Gasteiger partial charge in [-0.15, -0.1) is 0 Å². The number of nitrogens with one attached hydrogen (secondary N) is 1. The van der Waals surface area contributed by atoms with Crippen LogP contribution in [0.4, 0.5) is 167 Å². The van der Waals surface area contributed by atoms with Crippen molar-refractivity contribution in [1.29, 1.82) is 0 Å². The van der Waals surface area contributed by atoms with E-state index < -0.39 is 314 Å². The molecule has 0 heterocycles. The zero-order valence-electron chi connectivity index (χ0n) is 60.3.